The number of rotatable bonds is 2. The fourth-order valence-corrected chi connectivity index (χ4v) is 3.34. The zero-order valence-electron chi connectivity index (χ0n) is 9.84. The van der Waals surface area contributed by atoms with E-state index < -0.39 is 0 Å². The van der Waals surface area contributed by atoms with Gasteiger partial charge in [0.05, 0.1) is 5.51 Å². The van der Waals surface area contributed by atoms with Crippen molar-refractivity contribution < 1.29 is 4.79 Å². The Morgan fingerprint density at radius 1 is 1.35 bits per heavy atom. The van der Waals surface area contributed by atoms with E-state index >= 15 is 0 Å². The molecular weight excluding hydrogens is 234 g/mol. The minimum absolute atomic E-state index is 0.105. The number of likely N-dealkylation sites (tertiary alicyclic amines) is 2. The lowest BCUT2D eigenvalue weighted by atomic mass is 10.2. The zero-order valence-corrected chi connectivity index (χ0v) is 10.7. The first-order chi connectivity index (χ1) is 8.34. The van der Waals surface area contributed by atoms with Crippen LogP contribution in [0.1, 0.15) is 29.8 Å². The van der Waals surface area contributed by atoms with Gasteiger partial charge in [-0.1, -0.05) is 0 Å². The van der Waals surface area contributed by atoms with E-state index in [0.717, 1.165) is 19.5 Å². The van der Waals surface area contributed by atoms with E-state index in [2.05, 4.69) is 9.88 Å². The third kappa shape index (κ3) is 2.21. The van der Waals surface area contributed by atoms with Gasteiger partial charge >= 0.3 is 0 Å². The van der Waals surface area contributed by atoms with Gasteiger partial charge in [-0.2, -0.15) is 0 Å². The molecule has 1 aromatic heterocycles. The van der Waals surface area contributed by atoms with Gasteiger partial charge < -0.3 is 4.90 Å². The highest BCUT2D eigenvalue weighted by Crippen LogP contribution is 2.21. The Morgan fingerprint density at radius 2 is 2.18 bits per heavy atom. The normalized spacial score (nSPS) is 25.6. The summed E-state index contributed by atoms with van der Waals surface area (Å²) in [6, 6.07) is 0.583. The number of hydrogen-bond donors (Lipinski definition) is 0. The molecule has 1 amide bonds. The number of carbonyl (C=O) groups excluding carboxylic acids is 1. The van der Waals surface area contributed by atoms with Gasteiger partial charge in [-0.3, -0.25) is 9.69 Å². The summed E-state index contributed by atoms with van der Waals surface area (Å²) in [4.78, 5) is 20.7. The van der Waals surface area contributed by atoms with Crippen LogP contribution in [0.3, 0.4) is 0 Å². The Hall–Kier alpha value is -0.940. The third-order valence-corrected chi connectivity index (χ3v) is 4.35. The molecule has 0 aromatic carbocycles. The summed E-state index contributed by atoms with van der Waals surface area (Å²) in [5.74, 6) is 0.105. The third-order valence-electron chi connectivity index (χ3n) is 3.76. The van der Waals surface area contributed by atoms with E-state index in [1.165, 1.54) is 37.3 Å². The molecule has 1 atom stereocenters. The topological polar surface area (TPSA) is 36.4 Å². The Labute approximate surface area is 105 Å². The number of aromatic nitrogens is 1. The Balaban J connectivity index is 1.62. The second-order valence-corrected chi connectivity index (χ2v) is 5.53. The van der Waals surface area contributed by atoms with Crippen molar-refractivity contribution in [2.24, 2.45) is 0 Å². The molecule has 2 aliphatic rings. The van der Waals surface area contributed by atoms with Crippen molar-refractivity contribution in [2.75, 3.05) is 26.2 Å². The number of amides is 1. The quantitative estimate of drug-likeness (QED) is 0.798. The summed E-state index contributed by atoms with van der Waals surface area (Å²) in [5, 5.41) is 1.84. The van der Waals surface area contributed by atoms with E-state index in [1.807, 2.05) is 10.3 Å². The summed E-state index contributed by atoms with van der Waals surface area (Å²) in [5.41, 5.74) is 2.33. The van der Waals surface area contributed by atoms with Crippen LogP contribution in [0, 0.1) is 0 Å². The van der Waals surface area contributed by atoms with Gasteiger partial charge in [-0.25, -0.2) is 4.98 Å². The van der Waals surface area contributed by atoms with E-state index in [9.17, 15) is 4.79 Å². The molecule has 5 heteroatoms. The average molecular weight is 251 g/mol. The molecule has 1 unspecified atom stereocenters. The maximum atomic E-state index is 12.1. The van der Waals surface area contributed by atoms with Crippen molar-refractivity contribution in [1.29, 1.82) is 0 Å². The molecule has 0 saturated carbocycles. The second kappa shape index (κ2) is 4.74. The largest absolute Gasteiger partial charge is 0.336 e. The number of hydrogen-bond acceptors (Lipinski definition) is 4. The fourth-order valence-electron chi connectivity index (χ4n) is 2.81. The Kier molecular flexibility index (Phi) is 3.11. The standard InChI is InChI=1S/C12H17N3OS/c16-12(11-8-17-9-13-11)15-6-3-10(7-15)14-4-1-2-5-14/h8-10H,1-7H2. The van der Waals surface area contributed by atoms with Gasteiger partial charge in [0.1, 0.15) is 5.69 Å². The first-order valence-corrected chi connectivity index (χ1v) is 7.20. The maximum absolute atomic E-state index is 12.1. The van der Waals surface area contributed by atoms with Crippen LogP contribution in [0.4, 0.5) is 0 Å². The van der Waals surface area contributed by atoms with Crippen LogP contribution >= 0.6 is 11.3 Å². The number of carbonyl (C=O) groups is 1. The van der Waals surface area contributed by atoms with E-state index in [0.29, 0.717) is 11.7 Å². The first-order valence-electron chi connectivity index (χ1n) is 6.26. The molecule has 2 saturated heterocycles. The summed E-state index contributed by atoms with van der Waals surface area (Å²) >= 11 is 1.48. The van der Waals surface area contributed by atoms with Crippen molar-refractivity contribution in [1.82, 2.24) is 14.8 Å². The monoisotopic (exact) mass is 251 g/mol. The zero-order chi connectivity index (χ0) is 11.7. The van der Waals surface area contributed by atoms with Gasteiger partial charge in [0, 0.05) is 24.5 Å². The highest BCUT2D eigenvalue weighted by atomic mass is 32.1. The van der Waals surface area contributed by atoms with Crippen LogP contribution in [-0.4, -0.2) is 52.9 Å². The highest BCUT2D eigenvalue weighted by molar-refractivity contribution is 7.07. The lowest BCUT2D eigenvalue weighted by Gasteiger charge is -2.23. The predicted molar refractivity (Wildman–Crippen MR) is 67.2 cm³/mol. The van der Waals surface area contributed by atoms with Crippen molar-refractivity contribution >= 4 is 17.2 Å². The highest BCUT2D eigenvalue weighted by Gasteiger charge is 2.32. The van der Waals surface area contributed by atoms with Crippen LogP contribution in [0.5, 0.6) is 0 Å². The van der Waals surface area contributed by atoms with Crippen molar-refractivity contribution in [3.63, 3.8) is 0 Å². The summed E-state index contributed by atoms with van der Waals surface area (Å²) < 4.78 is 0. The average Bonchev–Trinajstić information content (AvgIpc) is 3.09. The van der Waals surface area contributed by atoms with Crippen LogP contribution in [0.15, 0.2) is 10.9 Å². The second-order valence-electron chi connectivity index (χ2n) is 4.81. The number of nitrogens with zero attached hydrogens (tertiary/aromatic N) is 3. The molecule has 0 N–H and O–H groups in total. The van der Waals surface area contributed by atoms with Crippen LogP contribution in [-0.2, 0) is 0 Å². The first kappa shape index (κ1) is 11.2. The smallest absolute Gasteiger partial charge is 0.273 e. The predicted octanol–water partition coefficient (Wildman–Crippen LogP) is 1.45. The van der Waals surface area contributed by atoms with Crippen molar-refractivity contribution in [3.05, 3.63) is 16.6 Å². The molecule has 3 rings (SSSR count). The molecule has 0 radical (unpaired) electrons. The van der Waals surface area contributed by atoms with Gasteiger partial charge in [0.15, 0.2) is 0 Å². The molecular formula is C12H17N3OS. The molecule has 17 heavy (non-hydrogen) atoms. The summed E-state index contributed by atoms with van der Waals surface area (Å²) in [6.07, 6.45) is 3.75. The van der Waals surface area contributed by atoms with E-state index in [-0.39, 0.29) is 5.91 Å². The number of thiazole rings is 1. The summed E-state index contributed by atoms with van der Waals surface area (Å²) in [7, 11) is 0. The van der Waals surface area contributed by atoms with Crippen molar-refractivity contribution in [2.45, 2.75) is 25.3 Å². The Morgan fingerprint density at radius 3 is 2.88 bits per heavy atom. The van der Waals surface area contributed by atoms with Gasteiger partial charge in [0.2, 0.25) is 0 Å². The molecule has 1 aromatic rings. The van der Waals surface area contributed by atoms with E-state index in [1.54, 1.807) is 5.51 Å². The van der Waals surface area contributed by atoms with Gasteiger partial charge in [-0.15, -0.1) is 11.3 Å². The molecule has 0 bridgehead atoms. The molecule has 0 aliphatic carbocycles. The van der Waals surface area contributed by atoms with Gasteiger partial charge in [0.25, 0.3) is 5.91 Å². The van der Waals surface area contributed by atoms with Crippen LogP contribution in [0.25, 0.3) is 0 Å². The van der Waals surface area contributed by atoms with Crippen LogP contribution < -0.4 is 0 Å². The maximum Gasteiger partial charge on any atom is 0.273 e. The molecule has 2 aliphatic heterocycles. The summed E-state index contributed by atoms with van der Waals surface area (Å²) in [6.45, 7) is 4.20. The molecule has 0 spiro atoms. The molecule has 92 valence electrons. The molecule has 2 fully saturated rings. The fraction of sp³-hybridized carbons (Fsp3) is 0.667. The Bertz CT molecular complexity index is 386. The lowest BCUT2D eigenvalue weighted by Crippen LogP contribution is -2.37. The minimum atomic E-state index is 0.105. The SMILES string of the molecule is O=C(c1cscn1)N1CCC(N2CCCC2)C1. The van der Waals surface area contributed by atoms with Crippen molar-refractivity contribution in [3.8, 4) is 0 Å². The van der Waals surface area contributed by atoms with Crippen LogP contribution in [0.2, 0.25) is 0 Å². The van der Waals surface area contributed by atoms with Gasteiger partial charge in [-0.05, 0) is 32.4 Å². The lowest BCUT2D eigenvalue weighted by molar-refractivity contribution is 0.0775. The molecule has 3 heterocycles. The van der Waals surface area contributed by atoms with E-state index in [4.69, 9.17) is 0 Å². The minimum Gasteiger partial charge on any atom is -0.336 e. The molecule has 4 nitrogen and oxygen atoms in total.